The Balaban J connectivity index is 2.52. The van der Waals surface area contributed by atoms with E-state index in [1.54, 1.807) is 0 Å². The third kappa shape index (κ3) is 1.39. The van der Waals surface area contributed by atoms with Crippen molar-refractivity contribution in [3.63, 3.8) is 0 Å². The zero-order chi connectivity index (χ0) is 8.72. The monoisotopic (exact) mass is 246 g/mol. The number of rotatable bonds is 0. The molecule has 0 spiro atoms. The molecule has 0 saturated heterocycles. The van der Waals surface area contributed by atoms with Gasteiger partial charge in [-0.25, -0.2) is 0 Å². The lowest BCUT2D eigenvalue weighted by molar-refractivity contribution is 0.187. The maximum Gasteiger partial charge on any atom is 0.0621 e. The first-order valence-corrected chi connectivity index (χ1v) is 4.99. The highest BCUT2D eigenvalue weighted by atomic mass is 79.9. The second-order valence-electron chi connectivity index (χ2n) is 3.09. The SMILES string of the molecule is O[C@H]1Cc2cc(Cl)cc(Br)c2C1. The highest BCUT2D eigenvalue weighted by molar-refractivity contribution is 9.10. The Labute approximate surface area is 84.5 Å². The normalized spacial score (nSPS) is 21.1. The standard InChI is InChI=1S/C9H8BrClO/c10-9-3-6(11)1-5-2-7(12)4-8(5)9/h1,3,7,12H,2,4H2/t7-/m0/s1. The van der Waals surface area contributed by atoms with Crippen molar-refractivity contribution in [2.75, 3.05) is 0 Å². The van der Waals surface area contributed by atoms with Gasteiger partial charge in [0, 0.05) is 15.9 Å². The van der Waals surface area contributed by atoms with Crippen LogP contribution in [0.2, 0.25) is 5.02 Å². The largest absolute Gasteiger partial charge is 0.392 e. The molecule has 0 unspecified atom stereocenters. The molecule has 1 aliphatic rings. The molecule has 0 bridgehead atoms. The van der Waals surface area contributed by atoms with Gasteiger partial charge in [-0.3, -0.25) is 0 Å². The number of hydrogen-bond donors (Lipinski definition) is 1. The number of aliphatic hydroxyl groups is 1. The highest BCUT2D eigenvalue weighted by Gasteiger charge is 2.21. The van der Waals surface area contributed by atoms with Gasteiger partial charge in [-0.15, -0.1) is 0 Å². The van der Waals surface area contributed by atoms with Crippen molar-refractivity contribution in [1.29, 1.82) is 0 Å². The molecule has 1 aliphatic carbocycles. The summed E-state index contributed by atoms with van der Waals surface area (Å²) < 4.78 is 1.02. The van der Waals surface area contributed by atoms with Gasteiger partial charge in [0.2, 0.25) is 0 Å². The third-order valence-electron chi connectivity index (χ3n) is 2.15. The van der Waals surface area contributed by atoms with Gasteiger partial charge in [-0.1, -0.05) is 27.5 Å². The molecule has 0 radical (unpaired) electrons. The van der Waals surface area contributed by atoms with E-state index in [0.717, 1.165) is 22.3 Å². The van der Waals surface area contributed by atoms with Gasteiger partial charge < -0.3 is 5.11 Å². The van der Waals surface area contributed by atoms with Gasteiger partial charge in [-0.05, 0) is 29.7 Å². The van der Waals surface area contributed by atoms with Gasteiger partial charge in [0.1, 0.15) is 0 Å². The molecule has 1 atom stereocenters. The van der Waals surface area contributed by atoms with Crippen molar-refractivity contribution >= 4 is 27.5 Å². The highest BCUT2D eigenvalue weighted by Crippen LogP contribution is 2.32. The zero-order valence-corrected chi connectivity index (χ0v) is 8.69. The van der Waals surface area contributed by atoms with Crippen LogP contribution in [-0.4, -0.2) is 11.2 Å². The Morgan fingerprint density at radius 1 is 1.42 bits per heavy atom. The van der Waals surface area contributed by atoms with Gasteiger partial charge in [0.15, 0.2) is 0 Å². The molecule has 64 valence electrons. The Bertz CT molecular complexity index is 325. The van der Waals surface area contributed by atoms with Gasteiger partial charge in [0.05, 0.1) is 6.10 Å². The summed E-state index contributed by atoms with van der Waals surface area (Å²) in [5.74, 6) is 0. The lowest BCUT2D eigenvalue weighted by atomic mass is 10.1. The first-order valence-electron chi connectivity index (χ1n) is 3.81. The van der Waals surface area contributed by atoms with Crippen molar-refractivity contribution in [2.45, 2.75) is 18.9 Å². The first-order chi connectivity index (χ1) is 5.66. The third-order valence-corrected chi connectivity index (χ3v) is 3.07. The average Bonchev–Trinajstić information content (AvgIpc) is 2.29. The Morgan fingerprint density at radius 3 is 2.92 bits per heavy atom. The fourth-order valence-electron chi connectivity index (χ4n) is 1.63. The van der Waals surface area contributed by atoms with E-state index in [-0.39, 0.29) is 6.10 Å². The van der Waals surface area contributed by atoms with E-state index in [9.17, 15) is 5.11 Å². The molecule has 2 rings (SSSR count). The van der Waals surface area contributed by atoms with E-state index in [1.807, 2.05) is 12.1 Å². The van der Waals surface area contributed by atoms with Gasteiger partial charge >= 0.3 is 0 Å². The molecule has 3 heteroatoms. The van der Waals surface area contributed by atoms with E-state index in [0.29, 0.717) is 0 Å². The Kier molecular flexibility index (Phi) is 2.15. The second-order valence-corrected chi connectivity index (χ2v) is 4.38. The predicted molar refractivity (Wildman–Crippen MR) is 52.6 cm³/mol. The zero-order valence-electron chi connectivity index (χ0n) is 6.35. The molecule has 1 N–H and O–H groups in total. The molecule has 1 aromatic rings. The Morgan fingerprint density at radius 2 is 2.17 bits per heavy atom. The van der Waals surface area contributed by atoms with Crippen LogP contribution in [0.4, 0.5) is 0 Å². The summed E-state index contributed by atoms with van der Waals surface area (Å²) in [5.41, 5.74) is 2.37. The van der Waals surface area contributed by atoms with Crippen LogP contribution in [0.25, 0.3) is 0 Å². The summed E-state index contributed by atoms with van der Waals surface area (Å²) in [6.07, 6.45) is 1.25. The molecule has 1 aromatic carbocycles. The number of halogens is 2. The predicted octanol–water partition coefficient (Wildman–Crippen LogP) is 2.56. The van der Waals surface area contributed by atoms with Gasteiger partial charge in [-0.2, -0.15) is 0 Å². The molecule has 0 aliphatic heterocycles. The number of benzene rings is 1. The number of aliphatic hydroxyl groups excluding tert-OH is 1. The molecule has 0 aromatic heterocycles. The molecule has 12 heavy (non-hydrogen) atoms. The lowest BCUT2D eigenvalue weighted by Crippen LogP contribution is -2.03. The van der Waals surface area contributed by atoms with Crippen LogP contribution in [0.3, 0.4) is 0 Å². The van der Waals surface area contributed by atoms with Crippen molar-refractivity contribution in [3.05, 3.63) is 32.8 Å². The lowest BCUT2D eigenvalue weighted by Gasteiger charge is -2.01. The maximum atomic E-state index is 9.40. The molecule has 0 heterocycles. The summed E-state index contributed by atoms with van der Waals surface area (Å²) >= 11 is 9.29. The Hall–Kier alpha value is -0.0500. The van der Waals surface area contributed by atoms with E-state index in [4.69, 9.17) is 11.6 Å². The summed E-state index contributed by atoms with van der Waals surface area (Å²) in [7, 11) is 0. The molecular weight excluding hydrogens is 239 g/mol. The van der Waals surface area contributed by atoms with Crippen molar-refractivity contribution in [2.24, 2.45) is 0 Å². The second kappa shape index (κ2) is 3.02. The van der Waals surface area contributed by atoms with Crippen molar-refractivity contribution in [1.82, 2.24) is 0 Å². The number of hydrogen-bond acceptors (Lipinski definition) is 1. The van der Waals surface area contributed by atoms with Crippen molar-refractivity contribution in [3.8, 4) is 0 Å². The molecular formula is C9H8BrClO. The van der Waals surface area contributed by atoms with E-state index in [1.165, 1.54) is 11.1 Å². The van der Waals surface area contributed by atoms with E-state index < -0.39 is 0 Å². The number of fused-ring (bicyclic) bond motifs is 1. The van der Waals surface area contributed by atoms with Crippen LogP contribution in [0.1, 0.15) is 11.1 Å². The smallest absolute Gasteiger partial charge is 0.0621 e. The molecule has 0 saturated carbocycles. The fourth-order valence-corrected chi connectivity index (χ4v) is 2.66. The maximum absolute atomic E-state index is 9.40. The molecule has 1 nitrogen and oxygen atoms in total. The summed E-state index contributed by atoms with van der Waals surface area (Å²) in [6.45, 7) is 0. The van der Waals surface area contributed by atoms with E-state index >= 15 is 0 Å². The molecule has 0 amide bonds. The van der Waals surface area contributed by atoms with Crippen LogP contribution >= 0.6 is 27.5 Å². The minimum Gasteiger partial charge on any atom is -0.392 e. The van der Waals surface area contributed by atoms with Crippen molar-refractivity contribution < 1.29 is 5.11 Å². The van der Waals surface area contributed by atoms with Crippen LogP contribution in [-0.2, 0) is 12.8 Å². The fraction of sp³-hybridized carbons (Fsp3) is 0.333. The minimum atomic E-state index is -0.227. The van der Waals surface area contributed by atoms with Crippen LogP contribution in [0, 0.1) is 0 Å². The minimum absolute atomic E-state index is 0.227. The van der Waals surface area contributed by atoms with Crippen LogP contribution < -0.4 is 0 Å². The summed E-state index contributed by atoms with van der Waals surface area (Å²) in [6, 6.07) is 3.80. The molecule has 0 fully saturated rings. The van der Waals surface area contributed by atoms with Gasteiger partial charge in [0.25, 0.3) is 0 Å². The van der Waals surface area contributed by atoms with Crippen LogP contribution in [0.15, 0.2) is 16.6 Å². The topological polar surface area (TPSA) is 20.2 Å². The summed E-state index contributed by atoms with van der Waals surface area (Å²) in [4.78, 5) is 0. The summed E-state index contributed by atoms with van der Waals surface area (Å²) in [5, 5.41) is 10.1. The quantitative estimate of drug-likeness (QED) is 0.747. The average molecular weight is 248 g/mol. The van der Waals surface area contributed by atoms with Crippen LogP contribution in [0.5, 0.6) is 0 Å². The first kappa shape index (κ1) is 8.54. The van der Waals surface area contributed by atoms with E-state index in [2.05, 4.69) is 15.9 Å².